The molecule has 1 amide bonds. The Labute approximate surface area is 105 Å². The maximum Gasteiger partial charge on any atom is 0.266 e. The van der Waals surface area contributed by atoms with Gasteiger partial charge < -0.3 is 5.32 Å². The van der Waals surface area contributed by atoms with Crippen molar-refractivity contribution in [2.45, 2.75) is 6.92 Å². The molecule has 2 rings (SSSR count). The van der Waals surface area contributed by atoms with Gasteiger partial charge in [0.1, 0.15) is 0 Å². The van der Waals surface area contributed by atoms with Crippen molar-refractivity contribution in [3.8, 4) is 0 Å². The lowest BCUT2D eigenvalue weighted by Crippen LogP contribution is -2.11. The summed E-state index contributed by atoms with van der Waals surface area (Å²) in [6.45, 7) is 1.94. The van der Waals surface area contributed by atoms with Crippen molar-refractivity contribution in [3.05, 3.63) is 38.6 Å². The third kappa shape index (κ3) is 2.45. The van der Waals surface area contributed by atoms with E-state index < -0.39 is 0 Å². The second kappa shape index (κ2) is 4.71. The molecule has 0 aromatic carbocycles. The van der Waals surface area contributed by atoms with Crippen LogP contribution in [0.5, 0.6) is 0 Å². The number of carbonyl (C=O) groups excluding carboxylic acids is 1. The van der Waals surface area contributed by atoms with Crippen molar-refractivity contribution < 1.29 is 4.79 Å². The van der Waals surface area contributed by atoms with Crippen LogP contribution in [0.2, 0.25) is 0 Å². The highest BCUT2D eigenvalue weighted by molar-refractivity contribution is 9.11. The molecule has 2 aromatic rings. The molecule has 0 aliphatic rings. The monoisotopic (exact) mass is 297 g/mol. The molecular formula is C10H8BrN3OS. The molecule has 0 aliphatic carbocycles. The van der Waals surface area contributed by atoms with E-state index in [2.05, 4.69) is 31.4 Å². The molecule has 0 unspecified atom stereocenters. The lowest BCUT2D eigenvalue weighted by Gasteiger charge is -1.99. The van der Waals surface area contributed by atoms with Gasteiger partial charge in [-0.1, -0.05) is 0 Å². The summed E-state index contributed by atoms with van der Waals surface area (Å²) in [6.07, 6.45) is 1.56. The fourth-order valence-electron chi connectivity index (χ4n) is 1.12. The molecule has 82 valence electrons. The van der Waals surface area contributed by atoms with Crippen molar-refractivity contribution >= 4 is 39.0 Å². The predicted octanol–water partition coefficient (Wildman–Crippen LogP) is 2.86. The third-order valence-electron chi connectivity index (χ3n) is 1.89. The van der Waals surface area contributed by atoms with Crippen LogP contribution >= 0.6 is 27.3 Å². The SMILES string of the molecule is Cc1cc(C(=O)Nc2cccnn2)sc1Br. The van der Waals surface area contributed by atoms with Gasteiger partial charge in [-0.25, -0.2) is 0 Å². The van der Waals surface area contributed by atoms with Gasteiger partial charge in [-0.3, -0.25) is 4.79 Å². The quantitative estimate of drug-likeness (QED) is 0.927. The predicted molar refractivity (Wildman–Crippen MR) is 66.7 cm³/mol. The molecule has 0 fully saturated rings. The van der Waals surface area contributed by atoms with Crippen LogP contribution in [-0.2, 0) is 0 Å². The first-order chi connectivity index (χ1) is 7.66. The lowest BCUT2D eigenvalue weighted by molar-refractivity contribution is 0.103. The van der Waals surface area contributed by atoms with E-state index in [4.69, 9.17) is 0 Å². The third-order valence-corrected chi connectivity index (χ3v) is 4.03. The molecule has 0 atom stereocenters. The highest BCUT2D eigenvalue weighted by Gasteiger charge is 2.11. The van der Waals surface area contributed by atoms with E-state index >= 15 is 0 Å². The van der Waals surface area contributed by atoms with E-state index in [-0.39, 0.29) is 5.91 Å². The van der Waals surface area contributed by atoms with E-state index in [0.717, 1.165) is 9.35 Å². The Kier molecular flexibility index (Phi) is 3.31. The molecule has 16 heavy (non-hydrogen) atoms. The zero-order valence-corrected chi connectivity index (χ0v) is 10.8. The fraction of sp³-hybridized carbons (Fsp3) is 0.100. The van der Waals surface area contributed by atoms with Gasteiger partial charge in [0.25, 0.3) is 5.91 Å². The number of hydrogen-bond donors (Lipinski definition) is 1. The number of halogens is 1. The summed E-state index contributed by atoms with van der Waals surface area (Å²) < 4.78 is 0.969. The second-order valence-electron chi connectivity index (χ2n) is 3.13. The van der Waals surface area contributed by atoms with Crippen LogP contribution in [0.25, 0.3) is 0 Å². The standard InChI is InChI=1S/C10H8BrN3OS/c1-6-5-7(16-9(6)11)10(15)13-8-3-2-4-12-14-8/h2-5H,1H3,(H,13,14,15). The highest BCUT2D eigenvalue weighted by atomic mass is 79.9. The largest absolute Gasteiger partial charge is 0.304 e. The average molecular weight is 298 g/mol. The Morgan fingerprint density at radius 2 is 2.38 bits per heavy atom. The minimum absolute atomic E-state index is 0.167. The lowest BCUT2D eigenvalue weighted by atomic mass is 10.3. The number of nitrogens with one attached hydrogen (secondary N) is 1. The number of nitrogens with zero attached hydrogens (tertiary/aromatic N) is 2. The van der Waals surface area contributed by atoms with Crippen molar-refractivity contribution in [3.63, 3.8) is 0 Å². The number of rotatable bonds is 2. The van der Waals surface area contributed by atoms with Gasteiger partial charge in [0.15, 0.2) is 5.82 Å². The Balaban J connectivity index is 2.15. The smallest absolute Gasteiger partial charge is 0.266 e. The summed E-state index contributed by atoms with van der Waals surface area (Å²) in [7, 11) is 0. The molecule has 6 heteroatoms. The minimum atomic E-state index is -0.167. The zero-order valence-electron chi connectivity index (χ0n) is 8.40. The fourth-order valence-corrected chi connectivity index (χ4v) is 2.55. The Morgan fingerprint density at radius 1 is 1.56 bits per heavy atom. The molecule has 0 spiro atoms. The normalized spacial score (nSPS) is 10.1. The summed E-state index contributed by atoms with van der Waals surface area (Å²) in [5, 5.41) is 10.1. The number of thiophene rings is 1. The van der Waals surface area contributed by atoms with E-state index in [1.54, 1.807) is 18.3 Å². The number of hydrogen-bond acceptors (Lipinski definition) is 4. The molecule has 1 N–H and O–H groups in total. The maximum absolute atomic E-state index is 11.8. The van der Waals surface area contributed by atoms with Crippen LogP contribution in [0.1, 0.15) is 15.2 Å². The molecule has 2 heterocycles. The van der Waals surface area contributed by atoms with Gasteiger partial charge in [-0.05, 0) is 46.6 Å². The number of aryl methyl sites for hydroxylation is 1. The number of carbonyl (C=O) groups is 1. The van der Waals surface area contributed by atoms with Crippen LogP contribution in [-0.4, -0.2) is 16.1 Å². The zero-order chi connectivity index (χ0) is 11.5. The Bertz CT molecular complexity index is 493. The van der Waals surface area contributed by atoms with Crippen molar-refractivity contribution in [1.82, 2.24) is 10.2 Å². The van der Waals surface area contributed by atoms with E-state index in [1.165, 1.54) is 11.3 Å². The van der Waals surface area contributed by atoms with Gasteiger partial charge in [-0.2, -0.15) is 5.10 Å². The first-order valence-corrected chi connectivity index (χ1v) is 6.13. The molecular weight excluding hydrogens is 290 g/mol. The number of anilines is 1. The van der Waals surface area contributed by atoms with Crippen LogP contribution in [0.15, 0.2) is 28.2 Å². The Hall–Kier alpha value is -1.27. The summed E-state index contributed by atoms with van der Waals surface area (Å²) >= 11 is 4.78. The van der Waals surface area contributed by atoms with Gasteiger partial charge in [0.05, 0.1) is 8.66 Å². The molecule has 0 radical (unpaired) electrons. The van der Waals surface area contributed by atoms with Crippen molar-refractivity contribution in [2.75, 3.05) is 5.32 Å². The molecule has 0 saturated carbocycles. The van der Waals surface area contributed by atoms with Crippen LogP contribution in [0.4, 0.5) is 5.82 Å². The number of amides is 1. The topological polar surface area (TPSA) is 54.9 Å². The van der Waals surface area contributed by atoms with Crippen molar-refractivity contribution in [2.24, 2.45) is 0 Å². The van der Waals surface area contributed by atoms with Gasteiger partial charge in [-0.15, -0.1) is 16.4 Å². The van der Waals surface area contributed by atoms with Crippen LogP contribution in [0.3, 0.4) is 0 Å². The summed E-state index contributed by atoms with van der Waals surface area (Å²) in [6, 6.07) is 5.25. The molecule has 4 nitrogen and oxygen atoms in total. The van der Waals surface area contributed by atoms with Gasteiger partial charge in [0, 0.05) is 6.20 Å². The van der Waals surface area contributed by atoms with Gasteiger partial charge >= 0.3 is 0 Å². The summed E-state index contributed by atoms with van der Waals surface area (Å²) in [4.78, 5) is 12.4. The highest BCUT2D eigenvalue weighted by Crippen LogP contribution is 2.27. The van der Waals surface area contributed by atoms with E-state index in [9.17, 15) is 4.79 Å². The molecule has 0 saturated heterocycles. The van der Waals surface area contributed by atoms with Crippen molar-refractivity contribution in [1.29, 1.82) is 0 Å². The molecule has 2 aromatic heterocycles. The summed E-state index contributed by atoms with van der Waals surface area (Å²) in [5.41, 5.74) is 1.05. The minimum Gasteiger partial charge on any atom is -0.304 e. The van der Waals surface area contributed by atoms with Gasteiger partial charge in [0.2, 0.25) is 0 Å². The second-order valence-corrected chi connectivity index (χ2v) is 5.50. The molecule has 0 aliphatic heterocycles. The maximum atomic E-state index is 11.8. The first-order valence-electron chi connectivity index (χ1n) is 4.52. The number of aromatic nitrogens is 2. The average Bonchev–Trinajstić information content (AvgIpc) is 2.61. The van der Waals surface area contributed by atoms with Crippen LogP contribution in [0, 0.1) is 6.92 Å². The summed E-state index contributed by atoms with van der Waals surface area (Å²) in [5.74, 6) is 0.286. The van der Waals surface area contributed by atoms with Crippen LogP contribution < -0.4 is 5.32 Å². The van der Waals surface area contributed by atoms with E-state index in [0.29, 0.717) is 10.7 Å². The van der Waals surface area contributed by atoms with E-state index in [1.807, 2.05) is 13.0 Å². The Morgan fingerprint density at radius 3 is 2.94 bits per heavy atom. The molecule has 0 bridgehead atoms. The first kappa shape index (κ1) is 11.2.